The second kappa shape index (κ2) is 6.63. The highest BCUT2D eigenvalue weighted by Crippen LogP contribution is 2.35. The van der Waals surface area contributed by atoms with Crippen LogP contribution < -0.4 is 10.2 Å². The van der Waals surface area contributed by atoms with Crippen LogP contribution in [-0.4, -0.2) is 23.0 Å². The minimum Gasteiger partial charge on any atom is -0.506 e. The van der Waals surface area contributed by atoms with Gasteiger partial charge in [-0.05, 0) is 37.3 Å². The average molecular weight is 375 g/mol. The molecule has 3 rings (SSSR count). The van der Waals surface area contributed by atoms with Crippen molar-refractivity contribution in [3.63, 3.8) is 0 Å². The first-order valence-corrected chi connectivity index (χ1v) is 8.04. The van der Waals surface area contributed by atoms with Crippen LogP contribution in [0.2, 0.25) is 10.0 Å². The minimum atomic E-state index is -0.613. The summed E-state index contributed by atoms with van der Waals surface area (Å²) in [5.74, 6) is -0.202. The van der Waals surface area contributed by atoms with Gasteiger partial charge < -0.3 is 10.4 Å². The zero-order chi connectivity index (χ0) is 18.1. The van der Waals surface area contributed by atoms with E-state index in [1.165, 1.54) is 17.0 Å². The molecule has 1 heterocycles. The Balaban J connectivity index is 1.99. The van der Waals surface area contributed by atoms with Gasteiger partial charge in [0.05, 0.1) is 33.1 Å². The van der Waals surface area contributed by atoms with Gasteiger partial charge in [0, 0.05) is 0 Å². The van der Waals surface area contributed by atoms with Crippen molar-refractivity contribution in [2.45, 2.75) is 13.0 Å². The fourth-order valence-corrected chi connectivity index (χ4v) is 2.78. The maximum Gasteiger partial charge on any atom is 0.258 e. The predicted molar refractivity (Wildman–Crippen MR) is 97.3 cm³/mol. The number of carbonyl (C=O) groups is 1. The predicted octanol–water partition coefficient (Wildman–Crippen LogP) is 3.77. The summed E-state index contributed by atoms with van der Waals surface area (Å²) in [5.41, 5.74) is 1.02. The summed E-state index contributed by atoms with van der Waals surface area (Å²) < 4.78 is 0. The molecule has 2 aromatic rings. The van der Waals surface area contributed by atoms with Gasteiger partial charge in [0.15, 0.2) is 0 Å². The molecule has 2 N–H and O–H groups in total. The number of rotatable bonds is 2. The molecule has 6 nitrogen and oxygen atoms in total. The van der Waals surface area contributed by atoms with Crippen LogP contribution in [0, 0.1) is 11.3 Å². The van der Waals surface area contributed by atoms with E-state index in [9.17, 15) is 9.90 Å². The van der Waals surface area contributed by atoms with Gasteiger partial charge >= 0.3 is 0 Å². The number of halogens is 2. The number of hydrogen-bond acceptors (Lipinski definition) is 5. The third-order valence-corrected chi connectivity index (χ3v) is 4.46. The van der Waals surface area contributed by atoms with E-state index in [2.05, 4.69) is 10.3 Å². The summed E-state index contributed by atoms with van der Waals surface area (Å²) in [6, 6.07) is 10.7. The van der Waals surface area contributed by atoms with Gasteiger partial charge in [-0.15, -0.1) is 0 Å². The minimum absolute atomic E-state index is 0.133. The molecule has 1 unspecified atom stereocenters. The number of hydrogen-bond donors (Lipinski definition) is 2. The number of benzene rings is 2. The number of aliphatic imine (C=N–C) groups is 1. The number of phenolic OH excluding ortho intramolecular Hbond substituents is 1. The zero-order valence-electron chi connectivity index (χ0n) is 13.0. The normalized spacial score (nSPS) is 16.6. The molecule has 0 bridgehead atoms. The number of carbonyl (C=O) groups excluding carboxylic acids is 1. The summed E-state index contributed by atoms with van der Waals surface area (Å²) in [6.07, 6.45) is 0. The summed E-state index contributed by atoms with van der Waals surface area (Å²) in [6.45, 7) is 1.65. The first-order chi connectivity index (χ1) is 11.9. The molecule has 1 aliphatic heterocycles. The van der Waals surface area contributed by atoms with E-state index in [1.54, 1.807) is 31.2 Å². The van der Waals surface area contributed by atoms with E-state index in [4.69, 9.17) is 28.5 Å². The quantitative estimate of drug-likeness (QED) is 0.782. The smallest absolute Gasteiger partial charge is 0.258 e. The highest BCUT2D eigenvalue weighted by molar-refractivity contribution is 6.45. The Morgan fingerprint density at radius 1 is 1.32 bits per heavy atom. The Bertz CT molecular complexity index is 937. The van der Waals surface area contributed by atoms with Crippen LogP contribution in [0.1, 0.15) is 12.5 Å². The SMILES string of the molecule is CC1N=C(Nc2ccc(C#N)cc2O)N(c2cccc(Cl)c2Cl)C1=O. The Kier molecular flexibility index (Phi) is 4.53. The van der Waals surface area contributed by atoms with Crippen LogP contribution in [0.4, 0.5) is 11.4 Å². The Hall–Kier alpha value is -2.75. The molecule has 0 spiro atoms. The number of aromatic hydroxyl groups is 1. The van der Waals surface area contributed by atoms with E-state index in [-0.39, 0.29) is 22.6 Å². The highest BCUT2D eigenvalue weighted by Gasteiger charge is 2.34. The van der Waals surface area contributed by atoms with E-state index in [1.807, 2.05) is 6.07 Å². The third-order valence-electron chi connectivity index (χ3n) is 3.65. The van der Waals surface area contributed by atoms with Crippen LogP contribution in [0.25, 0.3) is 0 Å². The molecule has 25 heavy (non-hydrogen) atoms. The maximum absolute atomic E-state index is 12.5. The van der Waals surface area contributed by atoms with Gasteiger partial charge in [-0.1, -0.05) is 29.3 Å². The lowest BCUT2D eigenvalue weighted by molar-refractivity contribution is -0.117. The van der Waals surface area contributed by atoms with Gasteiger partial charge in [-0.25, -0.2) is 9.89 Å². The Morgan fingerprint density at radius 2 is 2.08 bits per heavy atom. The lowest BCUT2D eigenvalue weighted by Crippen LogP contribution is -2.38. The lowest BCUT2D eigenvalue weighted by Gasteiger charge is -2.21. The molecular weight excluding hydrogens is 363 g/mol. The van der Waals surface area contributed by atoms with Crippen LogP contribution >= 0.6 is 23.2 Å². The second-order valence-electron chi connectivity index (χ2n) is 5.34. The van der Waals surface area contributed by atoms with Crippen LogP contribution in [0.15, 0.2) is 41.4 Å². The number of amides is 1. The number of anilines is 2. The number of phenols is 1. The van der Waals surface area contributed by atoms with E-state index < -0.39 is 6.04 Å². The van der Waals surface area contributed by atoms with Crippen LogP contribution in [0.3, 0.4) is 0 Å². The molecule has 0 saturated carbocycles. The van der Waals surface area contributed by atoms with E-state index in [0.717, 1.165) is 0 Å². The molecule has 0 aliphatic carbocycles. The number of nitrogens with one attached hydrogen (secondary N) is 1. The van der Waals surface area contributed by atoms with Crippen molar-refractivity contribution in [3.05, 3.63) is 52.0 Å². The van der Waals surface area contributed by atoms with Gasteiger partial charge in [-0.3, -0.25) is 4.79 Å². The van der Waals surface area contributed by atoms with Gasteiger partial charge in [-0.2, -0.15) is 5.26 Å². The standard InChI is InChI=1S/C17H12Cl2N4O2/c1-9-16(25)23(13-4-2-3-11(18)15(13)19)17(21-9)22-12-6-5-10(8-20)7-14(12)24/h2-7,9,24H,1H3,(H,21,22). The van der Waals surface area contributed by atoms with Crippen molar-refractivity contribution in [2.24, 2.45) is 4.99 Å². The average Bonchev–Trinajstić information content (AvgIpc) is 2.86. The zero-order valence-corrected chi connectivity index (χ0v) is 14.5. The van der Waals surface area contributed by atoms with E-state index >= 15 is 0 Å². The molecule has 0 saturated heterocycles. The number of guanidine groups is 1. The molecule has 1 amide bonds. The molecule has 2 aromatic carbocycles. The highest BCUT2D eigenvalue weighted by atomic mass is 35.5. The fourth-order valence-electron chi connectivity index (χ4n) is 2.40. The summed E-state index contributed by atoms with van der Waals surface area (Å²) in [7, 11) is 0. The molecule has 0 fully saturated rings. The van der Waals surface area contributed by atoms with Gasteiger partial charge in [0.25, 0.3) is 5.91 Å². The molecule has 8 heteroatoms. The molecule has 0 radical (unpaired) electrons. The van der Waals surface area contributed by atoms with Crippen LogP contribution in [-0.2, 0) is 4.79 Å². The summed E-state index contributed by atoms with van der Waals surface area (Å²) in [4.78, 5) is 18.1. The first-order valence-electron chi connectivity index (χ1n) is 7.28. The number of nitriles is 1. The topological polar surface area (TPSA) is 88.7 Å². The second-order valence-corrected chi connectivity index (χ2v) is 6.13. The van der Waals surface area contributed by atoms with Crippen LogP contribution in [0.5, 0.6) is 5.75 Å². The molecule has 0 aromatic heterocycles. The molecule has 126 valence electrons. The Morgan fingerprint density at radius 3 is 2.76 bits per heavy atom. The monoisotopic (exact) mass is 374 g/mol. The van der Waals surface area contributed by atoms with Crippen molar-refractivity contribution >= 4 is 46.4 Å². The molecule has 1 aliphatic rings. The first kappa shape index (κ1) is 17.1. The van der Waals surface area contributed by atoms with Crippen molar-refractivity contribution < 1.29 is 9.90 Å². The molecular formula is C17H12Cl2N4O2. The fraction of sp³-hybridized carbons (Fsp3) is 0.118. The third kappa shape index (κ3) is 3.12. The summed E-state index contributed by atoms with van der Waals surface area (Å²) in [5, 5.41) is 22.4. The van der Waals surface area contributed by atoms with Crippen molar-refractivity contribution in [1.82, 2.24) is 0 Å². The lowest BCUT2D eigenvalue weighted by atomic mass is 10.2. The largest absolute Gasteiger partial charge is 0.506 e. The van der Waals surface area contributed by atoms with Crippen molar-refractivity contribution in [1.29, 1.82) is 5.26 Å². The van der Waals surface area contributed by atoms with E-state index in [0.29, 0.717) is 22.0 Å². The molecule has 1 atom stereocenters. The van der Waals surface area contributed by atoms with Gasteiger partial charge in [0.2, 0.25) is 5.96 Å². The maximum atomic E-state index is 12.5. The van der Waals surface area contributed by atoms with Crippen molar-refractivity contribution in [3.8, 4) is 11.8 Å². The number of nitrogens with zero attached hydrogens (tertiary/aromatic N) is 3. The summed E-state index contributed by atoms with van der Waals surface area (Å²) >= 11 is 12.3. The Labute approximate surface area is 153 Å². The van der Waals surface area contributed by atoms with Crippen molar-refractivity contribution in [2.75, 3.05) is 10.2 Å². The van der Waals surface area contributed by atoms with Gasteiger partial charge in [0.1, 0.15) is 11.8 Å².